The quantitative estimate of drug-likeness (QED) is 0.339. The van der Waals surface area contributed by atoms with E-state index in [1.54, 1.807) is 12.1 Å². The van der Waals surface area contributed by atoms with Crippen LogP contribution in [-0.2, 0) is 0 Å². The van der Waals surface area contributed by atoms with E-state index in [9.17, 15) is 9.90 Å². The van der Waals surface area contributed by atoms with Gasteiger partial charge in [0.2, 0.25) is 0 Å². The zero-order valence-electron chi connectivity index (χ0n) is 13.5. The van der Waals surface area contributed by atoms with Gasteiger partial charge in [0.1, 0.15) is 5.82 Å². The molecule has 1 atom stereocenters. The molecule has 25 heavy (non-hydrogen) atoms. The molecule has 0 aliphatic carbocycles. The lowest BCUT2D eigenvalue weighted by Gasteiger charge is -2.41. The maximum Gasteiger partial charge on any atom is 0.407 e. The van der Waals surface area contributed by atoms with Crippen molar-refractivity contribution in [2.24, 2.45) is 10.9 Å². The predicted molar refractivity (Wildman–Crippen MR) is 92.9 cm³/mol. The number of benzene rings is 1. The number of carboxylic acid groups (broad SMARTS) is 1. The van der Waals surface area contributed by atoms with E-state index in [0.29, 0.717) is 31.0 Å². The number of oxime groups is 1. The molecule has 0 bridgehead atoms. The lowest BCUT2D eigenvalue weighted by Crippen LogP contribution is -2.50. The number of anilines is 1. The maximum atomic E-state index is 11.4. The Balaban J connectivity index is 1.91. The fraction of sp³-hybridized carbons (Fsp3) is 0.235. The largest absolute Gasteiger partial charge is 0.465 e. The van der Waals surface area contributed by atoms with Crippen LogP contribution in [0.3, 0.4) is 0 Å². The smallest absolute Gasteiger partial charge is 0.407 e. The first-order chi connectivity index (χ1) is 12.1. The van der Waals surface area contributed by atoms with Gasteiger partial charge in [-0.25, -0.2) is 9.78 Å². The van der Waals surface area contributed by atoms with Crippen molar-refractivity contribution in [3.63, 3.8) is 0 Å². The van der Waals surface area contributed by atoms with E-state index in [-0.39, 0.29) is 11.9 Å². The second kappa shape index (κ2) is 7.08. The van der Waals surface area contributed by atoms with Gasteiger partial charge in [0.15, 0.2) is 5.84 Å². The highest BCUT2D eigenvalue weighted by molar-refractivity contribution is 5.96. The molecule has 1 amide bonds. The molecule has 3 rings (SSSR count). The van der Waals surface area contributed by atoms with Crippen molar-refractivity contribution in [1.29, 1.82) is 0 Å². The minimum Gasteiger partial charge on any atom is -0.465 e. The molecule has 8 heteroatoms. The van der Waals surface area contributed by atoms with Crippen LogP contribution in [0.25, 0.3) is 0 Å². The van der Waals surface area contributed by atoms with Crippen LogP contribution in [0, 0.1) is 0 Å². The summed E-state index contributed by atoms with van der Waals surface area (Å²) in [5.74, 6) is 0.711. The van der Waals surface area contributed by atoms with Crippen LogP contribution in [0.2, 0.25) is 0 Å². The highest BCUT2D eigenvalue weighted by Gasteiger charge is 2.31. The van der Waals surface area contributed by atoms with Crippen molar-refractivity contribution in [2.75, 3.05) is 24.5 Å². The first-order valence-corrected chi connectivity index (χ1v) is 7.83. The Morgan fingerprint density at radius 1 is 1.20 bits per heavy atom. The van der Waals surface area contributed by atoms with E-state index in [2.05, 4.69) is 15.0 Å². The number of hydrogen-bond acceptors (Lipinski definition) is 5. The standard InChI is InChI=1S/C17H19N5O3/c18-16(20-25)13-6-7-15(19-10-13)22-9-8-21(17(23)24)11-14(22)12-4-2-1-3-5-12/h1-7,10,14,25H,8-9,11H2,(H2,18,20)(H,23,24)/t14-/m1/s1. The number of pyridine rings is 1. The van der Waals surface area contributed by atoms with Crippen LogP contribution < -0.4 is 10.6 Å². The summed E-state index contributed by atoms with van der Waals surface area (Å²) in [7, 11) is 0. The molecule has 0 unspecified atom stereocenters. The van der Waals surface area contributed by atoms with Gasteiger partial charge in [-0.3, -0.25) is 0 Å². The summed E-state index contributed by atoms with van der Waals surface area (Å²) < 4.78 is 0. The Hall–Kier alpha value is -3.29. The van der Waals surface area contributed by atoms with Crippen LogP contribution in [0.15, 0.2) is 53.8 Å². The monoisotopic (exact) mass is 341 g/mol. The van der Waals surface area contributed by atoms with E-state index in [0.717, 1.165) is 5.56 Å². The van der Waals surface area contributed by atoms with Gasteiger partial charge in [-0.15, -0.1) is 0 Å². The zero-order valence-corrected chi connectivity index (χ0v) is 13.5. The fourth-order valence-electron chi connectivity index (χ4n) is 2.96. The maximum absolute atomic E-state index is 11.4. The van der Waals surface area contributed by atoms with E-state index in [4.69, 9.17) is 10.9 Å². The molecule has 1 saturated heterocycles. The Morgan fingerprint density at radius 2 is 1.96 bits per heavy atom. The molecular weight excluding hydrogens is 322 g/mol. The number of amidine groups is 1. The predicted octanol–water partition coefficient (Wildman–Crippen LogP) is 1.72. The summed E-state index contributed by atoms with van der Waals surface area (Å²) >= 11 is 0. The Labute approximate surface area is 144 Å². The van der Waals surface area contributed by atoms with Crippen molar-refractivity contribution in [2.45, 2.75) is 6.04 Å². The molecule has 0 radical (unpaired) electrons. The third kappa shape index (κ3) is 3.47. The molecule has 1 aromatic heterocycles. The summed E-state index contributed by atoms with van der Waals surface area (Å²) in [6.07, 6.45) is 0.617. The Morgan fingerprint density at radius 3 is 2.56 bits per heavy atom. The Bertz CT molecular complexity index is 764. The number of amides is 1. The second-order valence-corrected chi connectivity index (χ2v) is 5.74. The van der Waals surface area contributed by atoms with Crippen molar-refractivity contribution in [3.05, 3.63) is 59.8 Å². The molecule has 0 spiro atoms. The van der Waals surface area contributed by atoms with Gasteiger partial charge in [-0.05, 0) is 17.7 Å². The van der Waals surface area contributed by atoms with Crippen LogP contribution in [-0.4, -0.2) is 51.8 Å². The van der Waals surface area contributed by atoms with Crippen molar-refractivity contribution in [3.8, 4) is 0 Å². The summed E-state index contributed by atoms with van der Waals surface area (Å²) in [6, 6.07) is 13.1. The minimum atomic E-state index is -0.921. The first kappa shape index (κ1) is 16.6. The molecule has 2 heterocycles. The second-order valence-electron chi connectivity index (χ2n) is 5.74. The van der Waals surface area contributed by atoms with Gasteiger partial charge in [0.05, 0.1) is 6.04 Å². The molecule has 4 N–H and O–H groups in total. The van der Waals surface area contributed by atoms with Gasteiger partial charge < -0.3 is 25.8 Å². The normalized spacial score (nSPS) is 18.2. The molecule has 130 valence electrons. The Kier molecular flexibility index (Phi) is 4.69. The van der Waals surface area contributed by atoms with Crippen molar-refractivity contribution >= 4 is 17.7 Å². The average Bonchev–Trinajstić information content (AvgIpc) is 2.67. The SMILES string of the molecule is N/C(=N\O)c1ccc(N2CCN(C(=O)O)C[C@@H]2c2ccccc2)nc1. The number of nitrogens with zero attached hydrogens (tertiary/aromatic N) is 4. The first-order valence-electron chi connectivity index (χ1n) is 7.83. The molecular formula is C17H19N5O3. The van der Waals surface area contributed by atoms with Crippen LogP contribution >= 0.6 is 0 Å². The third-order valence-electron chi connectivity index (χ3n) is 4.28. The summed E-state index contributed by atoms with van der Waals surface area (Å²) in [6.45, 7) is 1.30. The van der Waals surface area contributed by atoms with Gasteiger partial charge >= 0.3 is 6.09 Å². The number of hydrogen-bond donors (Lipinski definition) is 3. The summed E-state index contributed by atoms with van der Waals surface area (Å²) in [4.78, 5) is 19.3. The molecule has 1 aliphatic rings. The molecule has 1 aromatic carbocycles. The molecule has 1 fully saturated rings. The number of nitrogens with two attached hydrogens (primary N) is 1. The van der Waals surface area contributed by atoms with Crippen molar-refractivity contribution < 1.29 is 15.1 Å². The minimum absolute atomic E-state index is 0.00523. The van der Waals surface area contributed by atoms with Crippen LogP contribution in [0.1, 0.15) is 17.2 Å². The molecule has 0 saturated carbocycles. The van der Waals surface area contributed by atoms with Gasteiger partial charge in [0, 0.05) is 31.4 Å². The van der Waals surface area contributed by atoms with Crippen LogP contribution in [0.4, 0.5) is 10.6 Å². The lowest BCUT2D eigenvalue weighted by molar-refractivity contribution is 0.134. The van der Waals surface area contributed by atoms with Crippen LogP contribution in [0.5, 0.6) is 0 Å². The van der Waals surface area contributed by atoms with E-state index in [1.807, 2.05) is 30.3 Å². The number of rotatable bonds is 3. The van der Waals surface area contributed by atoms with Gasteiger partial charge in [0.25, 0.3) is 0 Å². The molecule has 2 aromatic rings. The lowest BCUT2D eigenvalue weighted by atomic mass is 10.0. The molecule has 1 aliphatic heterocycles. The van der Waals surface area contributed by atoms with E-state index < -0.39 is 6.09 Å². The van der Waals surface area contributed by atoms with E-state index in [1.165, 1.54) is 11.1 Å². The number of aromatic nitrogens is 1. The summed E-state index contributed by atoms with van der Waals surface area (Å²) in [5.41, 5.74) is 7.11. The van der Waals surface area contributed by atoms with Gasteiger partial charge in [-0.1, -0.05) is 35.5 Å². The third-order valence-corrected chi connectivity index (χ3v) is 4.28. The van der Waals surface area contributed by atoms with Crippen molar-refractivity contribution in [1.82, 2.24) is 9.88 Å². The fourth-order valence-corrected chi connectivity index (χ4v) is 2.96. The average molecular weight is 341 g/mol. The van der Waals surface area contributed by atoms with E-state index >= 15 is 0 Å². The number of piperazine rings is 1. The molecule has 8 nitrogen and oxygen atoms in total. The highest BCUT2D eigenvalue weighted by atomic mass is 16.4. The number of carbonyl (C=O) groups is 1. The zero-order chi connectivity index (χ0) is 17.8. The van der Waals surface area contributed by atoms with Gasteiger partial charge in [-0.2, -0.15) is 0 Å². The highest BCUT2D eigenvalue weighted by Crippen LogP contribution is 2.29. The summed E-state index contributed by atoms with van der Waals surface area (Å²) in [5, 5.41) is 21.0. The topological polar surface area (TPSA) is 115 Å².